The van der Waals surface area contributed by atoms with E-state index in [-0.39, 0.29) is 11.4 Å². The molecular formula is C16H10F6N2O2. The van der Waals surface area contributed by atoms with Crippen LogP contribution in [-0.4, -0.2) is 24.2 Å². The number of hydrogen-bond donors (Lipinski definition) is 2. The highest BCUT2D eigenvalue weighted by molar-refractivity contribution is 5.95. The van der Waals surface area contributed by atoms with Crippen LogP contribution in [0.5, 0.6) is 0 Å². The minimum atomic E-state index is -5.00. The smallest absolute Gasteiger partial charge is 0.318 e. The molecule has 0 spiro atoms. The van der Waals surface area contributed by atoms with Gasteiger partial charge in [-0.1, -0.05) is 24.3 Å². The van der Waals surface area contributed by atoms with Gasteiger partial charge in [-0.25, -0.2) is 0 Å². The third kappa shape index (κ3) is 4.98. The predicted molar refractivity (Wildman–Crippen MR) is 81.2 cm³/mol. The molecule has 0 unspecified atom stereocenters. The number of alkyl halides is 6. The fraction of sp³-hybridized carbons (Fsp3) is 0.125. The van der Waals surface area contributed by atoms with Gasteiger partial charge >= 0.3 is 24.2 Å². The molecule has 26 heavy (non-hydrogen) atoms. The normalized spacial score (nSPS) is 11.8. The Morgan fingerprint density at radius 3 is 1.08 bits per heavy atom. The van der Waals surface area contributed by atoms with Crippen LogP contribution >= 0.6 is 0 Å². The Bertz CT molecular complexity index is 726. The highest BCUT2D eigenvalue weighted by atomic mass is 19.4. The number of benzene rings is 2. The van der Waals surface area contributed by atoms with Crippen molar-refractivity contribution < 1.29 is 35.9 Å². The molecule has 138 valence electrons. The molecule has 2 aromatic carbocycles. The number of carbonyl (C=O) groups is 2. The summed E-state index contributed by atoms with van der Waals surface area (Å²) in [5.74, 6) is -4.20. The summed E-state index contributed by atoms with van der Waals surface area (Å²) in [6.45, 7) is 0. The summed E-state index contributed by atoms with van der Waals surface area (Å²) in [5.41, 5.74) is 0.961. The molecular weight excluding hydrogens is 366 g/mol. The van der Waals surface area contributed by atoms with E-state index >= 15 is 0 Å². The first-order valence-electron chi connectivity index (χ1n) is 6.93. The second-order valence-electron chi connectivity index (χ2n) is 5.06. The molecule has 2 aromatic rings. The second-order valence-corrected chi connectivity index (χ2v) is 5.06. The minimum absolute atomic E-state index is 0.0647. The van der Waals surface area contributed by atoms with Crippen LogP contribution in [0, 0.1) is 0 Å². The van der Waals surface area contributed by atoms with Gasteiger partial charge in [0.1, 0.15) is 0 Å². The zero-order chi connectivity index (χ0) is 19.5. The van der Waals surface area contributed by atoms with Crippen molar-refractivity contribution in [3.05, 3.63) is 48.5 Å². The summed E-state index contributed by atoms with van der Waals surface area (Å²) in [7, 11) is 0. The molecule has 0 atom stereocenters. The number of amides is 2. The zero-order valence-corrected chi connectivity index (χ0v) is 12.7. The Kier molecular flexibility index (Phi) is 5.24. The van der Waals surface area contributed by atoms with Gasteiger partial charge in [0.15, 0.2) is 0 Å². The lowest BCUT2D eigenvalue weighted by Gasteiger charge is -2.10. The third-order valence-electron chi connectivity index (χ3n) is 3.13. The van der Waals surface area contributed by atoms with Crippen molar-refractivity contribution in [3.8, 4) is 11.1 Å². The van der Waals surface area contributed by atoms with E-state index in [4.69, 9.17) is 0 Å². The maximum Gasteiger partial charge on any atom is 0.471 e. The molecule has 10 heteroatoms. The number of carbonyl (C=O) groups excluding carboxylic acids is 2. The molecule has 0 fully saturated rings. The highest BCUT2D eigenvalue weighted by Gasteiger charge is 2.39. The zero-order valence-electron chi connectivity index (χ0n) is 12.7. The molecule has 0 saturated heterocycles. The molecule has 0 aliphatic carbocycles. The maximum absolute atomic E-state index is 12.2. The average Bonchev–Trinajstić information content (AvgIpc) is 2.54. The van der Waals surface area contributed by atoms with Crippen LogP contribution in [-0.2, 0) is 9.59 Å². The van der Waals surface area contributed by atoms with E-state index in [0.717, 1.165) is 0 Å². The summed E-state index contributed by atoms with van der Waals surface area (Å²) in [4.78, 5) is 21.7. The van der Waals surface area contributed by atoms with Crippen LogP contribution in [0.2, 0.25) is 0 Å². The van der Waals surface area contributed by atoms with Crippen molar-refractivity contribution in [3.63, 3.8) is 0 Å². The van der Waals surface area contributed by atoms with Gasteiger partial charge in [-0.3, -0.25) is 9.59 Å². The molecule has 2 rings (SSSR count). The summed E-state index contributed by atoms with van der Waals surface area (Å²) >= 11 is 0. The van der Waals surface area contributed by atoms with Crippen LogP contribution in [0.3, 0.4) is 0 Å². The van der Waals surface area contributed by atoms with Gasteiger partial charge in [0.05, 0.1) is 0 Å². The first-order valence-corrected chi connectivity index (χ1v) is 6.93. The topological polar surface area (TPSA) is 58.2 Å². The highest BCUT2D eigenvalue weighted by Crippen LogP contribution is 2.25. The molecule has 0 saturated carbocycles. The first kappa shape index (κ1) is 19.3. The molecule has 0 heterocycles. The van der Waals surface area contributed by atoms with Crippen molar-refractivity contribution in [2.45, 2.75) is 12.4 Å². The van der Waals surface area contributed by atoms with E-state index in [1.54, 1.807) is 10.6 Å². The third-order valence-corrected chi connectivity index (χ3v) is 3.13. The van der Waals surface area contributed by atoms with E-state index < -0.39 is 24.2 Å². The van der Waals surface area contributed by atoms with Gasteiger partial charge in [0, 0.05) is 11.4 Å². The molecule has 0 bridgehead atoms. The largest absolute Gasteiger partial charge is 0.471 e. The number of halogens is 6. The van der Waals surface area contributed by atoms with Crippen molar-refractivity contribution in [2.75, 3.05) is 10.6 Å². The number of nitrogens with one attached hydrogen (secondary N) is 2. The average molecular weight is 376 g/mol. The van der Waals surface area contributed by atoms with Crippen molar-refractivity contribution in [1.29, 1.82) is 0 Å². The molecule has 0 aliphatic rings. The van der Waals surface area contributed by atoms with Gasteiger partial charge in [-0.2, -0.15) is 26.3 Å². The number of anilines is 2. The van der Waals surface area contributed by atoms with Crippen molar-refractivity contribution in [2.24, 2.45) is 0 Å². The second kappa shape index (κ2) is 7.06. The Hall–Kier alpha value is -3.04. The molecule has 0 aliphatic heterocycles. The lowest BCUT2D eigenvalue weighted by molar-refractivity contribution is -0.167. The molecule has 4 nitrogen and oxygen atoms in total. The Labute approximate surface area is 142 Å². The fourth-order valence-corrected chi connectivity index (χ4v) is 1.90. The van der Waals surface area contributed by atoms with E-state index in [2.05, 4.69) is 0 Å². The van der Waals surface area contributed by atoms with Crippen LogP contribution in [0.1, 0.15) is 0 Å². The molecule has 2 amide bonds. The predicted octanol–water partition coefficient (Wildman–Crippen LogP) is 4.36. The standard InChI is InChI=1S/C16H10F6N2O2/c17-15(18,19)13(25)23-11-5-1-9(2-6-11)10-3-7-12(8-4-10)24-14(26)16(20,21)22/h1-8H,(H,23,25)(H,24,26). The van der Waals surface area contributed by atoms with Crippen LogP contribution in [0.4, 0.5) is 37.7 Å². The summed E-state index contributed by atoms with van der Waals surface area (Å²) < 4.78 is 73.0. The SMILES string of the molecule is O=C(Nc1ccc(-c2ccc(NC(=O)C(F)(F)F)cc2)cc1)C(F)(F)F. The fourth-order valence-electron chi connectivity index (χ4n) is 1.90. The van der Waals surface area contributed by atoms with Crippen molar-refractivity contribution >= 4 is 23.2 Å². The van der Waals surface area contributed by atoms with E-state index in [1.807, 2.05) is 0 Å². The summed E-state index contributed by atoms with van der Waals surface area (Å²) in [6.07, 6.45) is -10.0. The van der Waals surface area contributed by atoms with E-state index in [0.29, 0.717) is 11.1 Å². The van der Waals surface area contributed by atoms with Crippen LogP contribution in [0.15, 0.2) is 48.5 Å². The lowest BCUT2D eigenvalue weighted by atomic mass is 10.0. The van der Waals surface area contributed by atoms with E-state index in [9.17, 15) is 35.9 Å². The minimum Gasteiger partial charge on any atom is -0.318 e. The van der Waals surface area contributed by atoms with Gasteiger partial charge in [-0.15, -0.1) is 0 Å². The first-order chi connectivity index (χ1) is 12.0. The van der Waals surface area contributed by atoms with Gasteiger partial charge in [0.25, 0.3) is 0 Å². The quantitative estimate of drug-likeness (QED) is 0.783. The Morgan fingerprint density at radius 2 is 0.846 bits per heavy atom. The van der Waals surface area contributed by atoms with E-state index in [1.165, 1.54) is 48.5 Å². The Morgan fingerprint density at radius 1 is 0.577 bits per heavy atom. The summed E-state index contributed by atoms with van der Waals surface area (Å²) in [5, 5.41) is 3.37. The van der Waals surface area contributed by atoms with Crippen molar-refractivity contribution in [1.82, 2.24) is 0 Å². The summed E-state index contributed by atoms with van der Waals surface area (Å²) in [6, 6.07) is 10.7. The Balaban J connectivity index is 2.08. The van der Waals surface area contributed by atoms with Gasteiger partial charge in [0.2, 0.25) is 0 Å². The maximum atomic E-state index is 12.2. The number of rotatable bonds is 3. The molecule has 0 aromatic heterocycles. The lowest BCUT2D eigenvalue weighted by Crippen LogP contribution is -2.29. The van der Waals surface area contributed by atoms with Gasteiger partial charge in [-0.05, 0) is 35.4 Å². The monoisotopic (exact) mass is 376 g/mol. The molecule has 0 radical (unpaired) electrons. The van der Waals surface area contributed by atoms with Gasteiger partial charge < -0.3 is 10.6 Å². The van der Waals surface area contributed by atoms with Crippen LogP contribution in [0.25, 0.3) is 11.1 Å². The number of hydrogen-bond acceptors (Lipinski definition) is 2. The molecule has 2 N–H and O–H groups in total. The van der Waals surface area contributed by atoms with Crippen LogP contribution < -0.4 is 10.6 Å².